The number of ketones is 1. The molecule has 4 nitrogen and oxygen atoms in total. The van der Waals surface area contributed by atoms with Crippen LogP contribution in [0.3, 0.4) is 0 Å². The Morgan fingerprint density at radius 1 is 1.67 bits per heavy atom. The zero-order chi connectivity index (χ0) is 7.44. The minimum Gasteiger partial charge on any atom is -0.396 e. The number of Topliss-reactive ketones (excluding diaryl/α,β-unsaturated/α-hetero) is 1. The number of hydrogen-bond acceptors (Lipinski definition) is 3. The van der Waals surface area contributed by atoms with Gasteiger partial charge in [0.1, 0.15) is 0 Å². The van der Waals surface area contributed by atoms with Crippen LogP contribution < -0.4 is 5.73 Å². The highest BCUT2D eigenvalue weighted by atomic mass is 16.3. The van der Waals surface area contributed by atoms with E-state index < -0.39 is 17.6 Å². The van der Waals surface area contributed by atoms with Crippen molar-refractivity contribution in [3.8, 4) is 0 Å². The smallest absolute Gasteiger partial charge is 0.285 e. The van der Waals surface area contributed by atoms with Crippen LogP contribution in [0.2, 0.25) is 0 Å². The lowest BCUT2D eigenvalue weighted by molar-refractivity contribution is -0.138. The van der Waals surface area contributed by atoms with Crippen molar-refractivity contribution in [3.05, 3.63) is 0 Å². The Hall–Kier alpha value is -0.900. The van der Waals surface area contributed by atoms with Gasteiger partial charge >= 0.3 is 0 Å². The summed E-state index contributed by atoms with van der Waals surface area (Å²) in [4.78, 5) is 20.5. The average molecular weight is 131 g/mol. The summed E-state index contributed by atoms with van der Waals surface area (Å²) in [5.41, 5.74) is 4.61. The Bertz CT molecular complexity index is 132. The molecule has 0 aromatic heterocycles. The van der Waals surface area contributed by atoms with Crippen molar-refractivity contribution in [2.75, 3.05) is 6.61 Å². The lowest BCUT2D eigenvalue weighted by Crippen LogP contribution is -2.30. The van der Waals surface area contributed by atoms with Crippen molar-refractivity contribution in [2.24, 2.45) is 11.7 Å². The Morgan fingerprint density at radius 2 is 2.11 bits per heavy atom. The van der Waals surface area contributed by atoms with E-state index in [-0.39, 0.29) is 6.61 Å². The van der Waals surface area contributed by atoms with E-state index in [9.17, 15) is 9.59 Å². The highest BCUT2D eigenvalue weighted by molar-refractivity contribution is 6.36. The van der Waals surface area contributed by atoms with Crippen molar-refractivity contribution < 1.29 is 14.7 Å². The molecule has 0 aromatic rings. The highest BCUT2D eigenvalue weighted by Crippen LogP contribution is 1.92. The van der Waals surface area contributed by atoms with Crippen molar-refractivity contribution >= 4 is 11.7 Å². The van der Waals surface area contributed by atoms with Crippen molar-refractivity contribution in [2.45, 2.75) is 6.92 Å². The highest BCUT2D eigenvalue weighted by Gasteiger charge is 2.16. The molecule has 0 spiro atoms. The van der Waals surface area contributed by atoms with Crippen LogP contribution in [-0.4, -0.2) is 23.4 Å². The van der Waals surface area contributed by atoms with Gasteiger partial charge in [0.2, 0.25) is 5.78 Å². The van der Waals surface area contributed by atoms with Gasteiger partial charge in [-0.3, -0.25) is 9.59 Å². The fraction of sp³-hybridized carbons (Fsp3) is 0.600. The van der Waals surface area contributed by atoms with E-state index in [1.807, 2.05) is 0 Å². The van der Waals surface area contributed by atoms with Crippen LogP contribution in [0.5, 0.6) is 0 Å². The van der Waals surface area contributed by atoms with Crippen molar-refractivity contribution in [1.82, 2.24) is 0 Å². The summed E-state index contributed by atoms with van der Waals surface area (Å²) in [6.07, 6.45) is 0. The van der Waals surface area contributed by atoms with E-state index in [1.165, 1.54) is 6.92 Å². The molecule has 0 aliphatic carbocycles. The molecular formula is C5H9NO3. The van der Waals surface area contributed by atoms with Crippen molar-refractivity contribution in [1.29, 1.82) is 0 Å². The van der Waals surface area contributed by atoms with Crippen LogP contribution in [0.25, 0.3) is 0 Å². The van der Waals surface area contributed by atoms with E-state index in [0.29, 0.717) is 0 Å². The summed E-state index contributed by atoms with van der Waals surface area (Å²) in [7, 11) is 0. The van der Waals surface area contributed by atoms with Crippen LogP contribution in [0.15, 0.2) is 0 Å². The third-order valence-electron chi connectivity index (χ3n) is 0.964. The minimum absolute atomic E-state index is 0.332. The van der Waals surface area contributed by atoms with Crippen molar-refractivity contribution in [3.63, 3.8) is 0 Å². The van der Waals surface area contributed by atoms with E-state index in [0.717, 1.165) is 0 Å². The first-order chi connectivity index (χ1) is 4.09. The van der Waals surface area contributed by atoms with E-state index in [4.69, 9.17) is 5.11 Å². The maximum atomic E-state index is 10.4. The summed E-state index contributed by atoms with van der Waals surface area (Å²) in [6, 6.07) is 0. The molecule has 0 fully saturated rings. The van der Waals surface area contributed by atoms with Crippen LogP contribution in [0.4, 0.5) is 0 Å². The van der Waals surface area contributed by atoms with Gasteiger partial charge in [-0.1, -0.05) is 6.92 Å². The molecule has 0 rings (SSSR count). The summed E-state index contributed by atoms with van der Waals surface area (Å²) < 4.78 is 0. The number of hydrogen-bond donors (Lipinski definition) is 2. The van der Waals surface area contributed by atoms with Gasteiger partial charge in [-0.25, -0.2) is 0 Å². The molecule has 0 saturated carbocycles. The molecule has 0 aliphatic rings. The fourth-order valence-electron chi connectivity index (χ4n) is 0.326. The molecule has 4 heteroatoms. The summed E-state index contributed by atoms with van der Waals surface area (Å²) in [5.74, 6) is -2.38. The summed E-state index contributed by atoms with van der Waals surface area (Å²) in [6.45, 7) is 1.11. The Balaban J connectivity index is 3.88. The molecule has 1 unspecified atom stereocenters. The minimum atomic E-state index is -0.989. The average Bonchev–Trinajstić information content (AvgIpc) is 1.84. The van der Waals surface area contributed by atoms with E-state index in [1.54, 1.807) is 0 Å². The second kappa shape index (κ2) is 3.19. The SMILES string of the molecule is CC(CO)C(=O)C(N)=O. The second-order valence-corrected chi connectivity index (χ2v) is 1.81. The molecule has 52 valence electrons. The molecule has 3 N–H and O–H groups in total. The number of rotatable bonds is 3. The predicted octanol–water partition coefficient (Wildman–Crippen LogP) is -1.33. The van der Waals surface area contributed by atoms with Gasteiger partial charge in [-0.05, 0) is 0 Å². The maximum absolute atomic E-state index is 10.4. The number of nitrogens with two attached hydrogens (primary N) is 1. The molecule has 0 saturated heterocycles. The molecule has 0 aromatic carbocycles. The zero-order valence-electron chi connectivity index (χ0n) is 5.13. The summed E-state index contributed by atoms with van der Waals surface area (Å²) >= 11 is 0. The predicted molar refractivity (Wildman–Crippen MR) is 30.5 cm³/mol. The summed E-state index contributed by atoms with van der Waals surface area (Å²) in [5, 5.41) is 8.33. The fourth-order valence-corrected chi connectivity index (χ4v) is 0.326. The van der Waals surface area contributed by atoms with Gasteiger partial charge in [0, 0.05) is 5.92 Å². The van der Waals surface area contributed by atoms with Crippen LogP contribution >= 0.6 is 0 Å². The molecular weight excluding hydrogens is 122 g/mol. The Kier molecular flexibility index (Phi) is 2.87. The van der Waals surface area contributed by atoms with Gasteiger partial charge in [0.15, 0.2) is 0 Å². The number of amides is 1. The largest absolute Gasteiger partial charge is 0.396 e. The Morgan fingerprint density at radius 3 is 2.22 bits per heavy atom. The van der Waals surface area contributed by atoms with Gasteiger partial charge in [0.05, 0.1) is 6.61 Å². The number of aliphatic hydroxyl groups excluding tert-OH is 1. The molecule has 1 atom stereocenters. The third-order valence-corrected chi connectivity index (χ3v) is 0.964. The third kappa shape index (κ3) is 2.23. The maximum Gasteiger partial charge on any atom is 0.285 e. The van der Waals surface area contributed by atoms with Crippen LogP contribution in [0.1, 0.15) is 6.92 Å². The number of carbonyl (C=O) groups excluding carboxylic acids is 2. The van der Waals surface area contributed by atoms with Gasteiger partial charge < -0.3 is 10.8 Å². The number of primary amides is 1. The Labute approximate surface area is 52.7 Å². The van der Waals surface area contributed by atoms with Gasteiger partial charge in [-0.2, -0.15) is 0 Å². The molecule has 0 aliphatic heterocycles. The number of carbonyl (C=O) groups is 2. The number of aliphatic hydroxyl groups is 1. The quantitative estimate of drug-likeness (QED) is 0.465. The lowest BCUT2D eigenvalue weighted by atomic mass is 10.1. The molecule has 0 radical (unpaired) electrons. The monoisotopic (exact) mass is 131 g/mol. The first-order valence-electron chi connectivity index (χ1n) is 2.54. The van der Waals surface area contributed by atoms with Crippen LogP contribution in [-0.2, 0) is 9.59 Å². The molecule has 0 heterocycles. The second-order valence-electron chi connectivity index (χ2n) is 1.81. The van der Waals surface area contributed by atoms with Gasteiger partial charge in [0.25, 0.3) is 5.91 Å². The van der Waals surface area contributed by atoms with E-state index >= 15 is 0 Å². The molecule has 0 bridgehead atoms. The zero-order valence-corrected chi connectivity index (χ0v) is 5.13. The van der Waals surface area contributed by atoms with Crippen LogP contribution in [0, 0.1) is 5.92 Å². The standard InChI is InChI=1S/C5H9NO3/c1-3(2-7)4(8)5(6)9/h3,7H,2H2,1H3,(H2,6,9). The molecule has 9 heavy (non-hydrogen) atoms. The van der Waals surface area contributed by atoms with E-state index in [2.05, 4.69) is 5.73 Å². The first-order valence-corrected chi connectivity index (χ1v) is 2.54. The normalized spacial score (nSPS) is 12.7. The molecule has 1 amide bonds. The topological polar surface area (TPSA) is 80.4 Å². The lowest BCUT2D eigenvalue weighted by Gasteiger charge is -2.00. The van der Waals surface area contributed by atoms with Gasteiger partial charge in [-0.15, -0.1) is 0 Å². The first kappa shape index (κ1) is 8.10.